The number of carbonyl (C=O) groups excluding carboxylic acids is 3. The zero-order valence-electron chi connectivity index (χ0n) is 17.9. The largest absolute Gasteiger partial charge is 0.367 e. The maximum absolute atomic E-state index is 13.0. The van der Waals surface area contributed by atoms with Crippen molar-refractivity contribution in [1.82, 2.24) is 15.5 Å². The van der Waals surface area contributed by atoms with Gasteiger partial charge in [0.2, 0.25) is 11.8 Å². The van der Waals surface area contributed by atoms with Crippen LogP contribution in [0, 0.1) is 0 Å². The molecule has 2 N–H and O–H groups in total. The first-order valence-electron chi connectivity index (χ1n) is 11.3. The Morgan fingerprint density at radius 3 is 2.67 bits per heavy atom. The van der Waals surface area contributed by atoms with E-state index in [0.717, 1.165) is 24.3 Å². The minimum atomic E-state index is -0.565. The second-order valence-electron chi connectivity index (χ2n) is 8.54. The van der Waals surface area contributed by atoms with E-state index in [1.165, 1.54) is 25.7 Å². The Balaban J connectivity index is 1.55. The van der Waals surface area contributed by atoms with Gasteiger partial charge in [0.05, 0.1) is 0 Å². The average molecular weight is 413 g/mol. The molecule has 1 aromatic carbocycles. The van der Waals surface area contributed by atoms with Crippen LogP contribution in [0.15, 0.2) is 18.2 Å². The third-order valence-electron chi connectivity index (χ3n) is 6.78. The van der Waals surface area contributed by atoms with E-state index < -0.39 is 6.04 Å². The highest BCUT2D eigenvalue weighted by Crippen LogP contribution is 2.33. The topological polar surface area (TPSA) is 81.8 Å². The third-order valence-corrected chi connectivity index (χ3v) is 6.78. The summed E-state index contributed by atoms with van der Waals surface area (Å²) < 4.78 is 0. The average Bonchev–Trinajstić information content (AvgIpc) is 3.06. The third kappa shape index (κ3) is 3.83. The Labute approximate surface area is 178 Å². The van der Waals surface area contributed by atoms with Gasteiger partial charge in [0.25, 0.3) is 5.91 Å². The first-order chi connectivity index (χ1) is 14.5. The highest BCUT2D eigenvalue weighted by atomic mass is 16.2. The van der Waals surface area contributed by atoms with Gasteiger partial charge in [-0.05, 0) is 56.5 Å². The van der Waals surface area contributed by atoms with Crippen molar-refractivity contribution >= 4 is 23.4 Å². The SMILES string of the molecule is CCNC1CCCCC1N(CC)c1ccc2c(c1)CN(C1CCC(=O)NC1=O)C2=O. The molecule has 0 bridgehead atoms. The Hall–Kier alpha value is -2.41. The molecule has 0 radical (unpaired) electrons. The van der Waals surface area contributed by atoms with Gasteiger partial charge in [-0.3, -0.25) is 19.7 Å². The normalized spacial score (nSPS) is 26.5. The van der Waals surface area contributed by atoms with Crippen molar-refractivity contribution in [3.8, 4) is 0 Å². The highest BCUT2D eigenvalue weighted by Gasteiger charge is 2.39. The number of likely N-dealkylation sites (N-methyl/N-ethyl adjacent to an activating group) is 2. The van der Waals surface area contributed by atoms with Crippen LogP contribution in [0.25, 0.3) is 0 Å². The summed E-state index contributed by atoms with van der Waals surface area (Å²) in [5, 5.41) is 6.03. The van der Waals surface area contributed by atoms with Gasteiger partial charge >= 0.3 is 0 Å². The molecule has 1 aromatic rings. The Morgan fingerprint density at radius 2 is 1.93 bits per heavy atom. The number of nitrogens with zero attached hydrogens (tertiary/aromatic N) is 2. The lowest BCUT2D eigenvalue weighted by molar-refractivity contribution is -0.136. The number of hydrogen-bond donors (Lipinski definition) is 2. The van der Waals surface area contributed by atoms with Gasteiger partial charge in [-0.2, -0.15) is 0 Å². The summed E-state index contributed by atoms with van der Waals surface area (Å²) in [6.45, 7) is 6.65. The number of hydrogen-bond acceptors (Lipinski definition) is 5. The molecule has 2 heterocycles. The molecule has 1 saturated carbocycles. The van der Waals surface area contributed by atoms with Crippen molar-refractivity contribution in [2.24, 2.45) is 0 Å². The lowest BCUT2D eigenvalue weighted by Gasteiger charge is -2.41. The molecule has 2 fully saturated rings. The zero-order valence-corrected chi connectivity index (χ0v) is 17.9. The second kappa shape index (κ2) is 8.76. The lowest BCUT2D eigenvalue weighted by atomic mass is 9.88. The quantitative estimate of drug-likeness (QED) is 0.700. The van der Waals surface area contributed by atoms with Crippen molar-refractivity contribution < 1.29 is 14.4 Å². The number of benzene rings is 1. The fourth-order valence-electron chi connectivity index (χ4n) is 5.33. The van der Waals surface area contributed by atoms with Crippen LogP contribution < -0.4 is 15.5 Å². The van der Waals surface area contributed by atoms with Gasteiger partial charge in [-0.1, -0.05) is 19.8 Å². The van der Waals surface area contributed by atoms with Crippen LogP contribution in [0.4, 0.5) is 5.69 Å². The molecule has 1 aliphatic carbocycles. The van der Waals surface area contributed by atoms with Crippen molar-refractivity contribution in [2.45, 2.75) is 77.0 Å². The Bertz CT molecular complexity index is 838. The minimum Gasteiger partial charge on any atom is -0.367 e. The van der Waals surface area contributed by atoms with E-state index in [4.69, 9.17) is 0 Å². The van der Waals surface area contributed by atoms with Gasteiger partial charge < -0.3 is 15.1 Å². The first kappa shape index (κ1) is 20.8. The molecule has 2 aliphatic heterocycles. The van der Waals surface area contributed by atoms with E-state index in [2.05, 4.69) is 35.4 Å². The van der Waals surface area contributed by atoms with E-state index in [1.807, 2.05) is 12.1 Å². The predicted octanol–water partition coefficient (Wildman–Crippen LogP) is 2.19. The van der Waals surface area contributed by atoms with Gasteiger partial charge in [-0.15, -0.1) is 0 Å². The molecule has 7 nitrogen and oxygen atoms in total. The summed E-state index contributed by atoms with van der Waals surface area (Å²) in [7, 11) is 0. The smallest absolute Gasteiger partial charge is 0.255 e. The summed E-state index contributed by atoms with van der Waals surface area (Å²) in [5.41, 5.74) is 2.78. The van der Waals surface area contributed by atoms with Crippen LogP contribution in [-0.2, 0) is 16.1 Å². The Morgan fingerprint density at radius 1 is 1.13 bits per heavy atom. The van der Waals surface area contributed by atoms with Crippen LogP contribution >= 0.6 is 0 Å². The summed E-state index contributed by atoms with van der Waals surface area (Å²) in [6.07, 6.45) is 5.55. The van der Waals surface area contributed by atoms with Crippen molar-refractivity contribution in [3.63, 3.8) is 0 Å². The molecular formula is C23H32N4O3. The lowest BCUT2D eigenvalue weighted by Crippen LogP contribution is -2.52. The van der Waals surface area contributed by atoms with Crippen LogP contribution in [0.5, 0.6) is 0 Å². The minimum absolute atomic E-state index is 0.114. The van der Waals surface area contributed by atoms with E-state index in [9.17, 15) is 14.4 Å². The molecule has 0 aromatic heterocycles. The van der Waals surface area contributed by atoms with Crippen LogP contribution in [0.3, 0.4) is 0 Å². The number of carbonyl (C=O) groups is 3. The first-order valence-corrected chi connectivity index (χ1v) is 11.3. The molecule has 1 saturated heterocycles. The fourth-order valence-corrected chi connectivity index (χ4v) is 5.33. The highest BCUT2D eigenvalue weighted by molar-refractivity contribution is 6.05. The summed E-state index contributed by atoms with van der Waals surface area (Å²) in [4.78, 5) is 40.8. The van der Waals surface area contributed by atoms with E-state index >= 15 is 0 Å². The van der Waals surface area contributed by atoms with Gasteiger partial charge in [0, 0.05) is 42.8 Å². The van der Waals surface area contributed by atoms with Crippen molar-refractivity contribution in [3.05, 3.63) is 29.3 Å². The number of amides is 3. The van der Waals surface area contributed by atoms with E-state index in [0.29, 0.717) is 30.6 Å². The van der Waals surface area contributed by atoms with Gasteiger partial charge in [0.1, 0.15) is 6.04 Å². The number of imide groups is 1. The predicted molar refractivity (Wildman–Crippen MR) is 115 cm³/mol. The van der Waals surface area contributed by atoms with Crippen LogP contribution in [-0.4, -0.2) is 53.8 Å². The molecule has 7 heteroatoms. The van der Waals surface area contributed by atoms with Crippen LogP contribution in [0.2, 0.25) is 0 Å². The monoisotopic (exact) mass is 412 g/mol. The number of fused-ring (bicyclic) bond motifs is 1. The van der Waals surface area contributed by atoms with Gasteiger partial charge in [0.15, 0.2) is 0 Å². The molecule has 0 spiro atoms. The number of piperidine rings is 1. The van der Waals surface area contributed by atoms with Gasteiger partial charge in [-0.25, -0.2) is 0 Å². The number of nitrogens with one attached hydrogen (secondary N) is 2. The molecule has 4 rings (SSSR count). The van der Waals surface area contributed by atoms with Crippen molar-refractivity contribution in [2.75, 3.05) is 18.0 Å². The summed E-state index contributed by atoms with van der Waals surface area (Å²) in [6, 6.07) is 6.45. The maximum atomic E-state index is 13.0. The molecule has 3 atom stereocenters. The molecule has 3 unspecified atom stereocenters. The second-order valence-corrected chi connectivity index (χ2v) is 8.54. The molecule has 30 heavy (non-hydrogen) atoms. The standard InChI is InChI=1S/C23H32N4O3/c1-3-24-18-7-5-6-8-19(18)26(4-2)16-9-10-17-15(13-16)14-27(23(17)30)20-11-12-21(28)25-22(20)29/h9-10,13,18-20,24H,3-8,11-12,14H2,1-2H3,(H,25,28,29). The maximum Gasteiger partial charge on any atom is 0.255 e. The van der Waals surface area contributed by atoms with E-state index in [-0.39, 0.29) is 24.1 Å². The zero-order chi connectivity index (χ0) is 21.3. The summed E-state index contributed by atoms with van der Waals surface area (Å²) in [5.74, 6) is -0.736. The van der Waals surface area contributed by atoms with Crippen molar-refractivity contribution in [1.29, 1.82) is 0 Å². The number of anilines is 1. The molecule has 3 aliphatic rings. The summed E-state index contributed by atoms with van der Waals surface area (Å²) >= 11 is 0. The fraction of sp³-hybridized carbons (Fsp3) is 0.609. The number of rotatable bonds is 6. The Kier molecular flexibility index (Phi) is 6.09. The van der Waals surface area contributed by atoms with E-state index in [1.54, 1.807) is 4.90 Å². The molecule has 162 valence electrons. The molecule has 3 amide bonds. The molecular weight excluding hydrogens is 380 g/mol. The van der Waals surface area contributed by atoms with Crippen LogP contribution in [0.1, 0.15) is 68.3 Å².